The number of para-hydroxylation sites is 4. The second-order valence-corrected chi connectivity index (χ2v) is 5.55. The summed E-state index contributed by atoms with van der Waals surface area (Å²) in [4.78, 5) is 2.26. The highest BCUT2D eigenvalue weighted by atomic mass is 16.5. The second-order valence-electron chi connectivity index (χ2n) is 5.55. The Hall–Kier alpha value is -2.49. The van der Waals surface area contributed by atoms with Crippen LogP contribution in [0.25, 0.3) is 0 Å². The van der Waals surface area contributed by atoms with Gasteiger partial charge >= 0.3 is 0 Å². The molecule has 4 heteroatoms. The number of anilines is 1. The number of methoxy groups -OCH3 is 2. The molecule has 1 aliphatic rings. The summed E-state index contributed by atoms with van der Waals surface area (Å²) in [6.07, 6.45) is 4.45. The molecule has 0 atom stereocenters. The van der Waals surface area contributed by atoms with Crippen LogP contribution < -0.4 is 14.4 Å². The van der Waals surface area contributed by atoms with Crippen LogP contribution in [0.2, 0.25) is 0 Å². The quantitative estimate of drug-likeness (QED) is 0.805. The van der Waals surface area contributed by atoms with Gasteiger partial charge in [0.2, 0.25) is 6.34 Å². The predicted octanol–water partition coefficient (Wildman–Crippen LogP) is 3.68. The van der Waals surface area contributed by atoms with Gasteiger partial charge in [0.1, 0.15) is 0 Å². The highest BCUT2D eigenvalue weighted by Crippen LogP contribution is 2.30. The number of benzene rings is 2. The molecule has 0 N–H and O–H groups in total. The SMILES string of the molecule is COc1ccccc1N1C=[N+](c2ccccc2OC)CCCC1. The van der Waals surface area contributed by atoms with Gasteiger partial charge in [-0.2, -0.15) is 0 Å². The molecule has 0 saturated heterocycles. The van der Waals surface area contributed by atoms with Crippen LogP contribution in [0.1, 0.15) is 12.8 Å². The van der Waals surface area contributed by atoms with Gasteiger partial charge in [-0.05, 0) is 37.1 Å². The third-order valence-electron chi connectivity index (χ3n) is 4.12. The van der Waals surface area contributed by atoms with Crippen molar-refractivity contribution in [3.63, 3.8) is 0 Å². The first kappa shape index (κ1) is 15.4. The zero-order valence-corrected chi connectivity index (χ0v) is 13.7. The van der Waals surface area contributed by atoms with Crippen molar-refractivity contribution in [3.8, 4) is 11.5 Å². The van der Waals surface area contributed by atoms with Crippen molar-refractivity contribution in [2.45, 2.75) is 12.8 Å². The molecule has 0 radical (unpaired) electrons. The Bertz CT molecular complexity index is 697. The van der Waals surface area contributed by atoms with E-state index in [1.165, 1.54) is 0 Å². The molecular formula is C19H23N2O2+. The number of hydrogen-bond donors (Lipinski definition) is 0. The average Bonchev–Trinajstić information content (AvgIpc) is 2.87. The van der Waals surface area contributed by atoms with E-state index in [4.69, 9.17) is 9.47 Å². The van der Waals surface area contributed by atoms with Crippen LogP contribution in [0.15, 0.2) is 48.5 Å². The van der Waals surface area contributed by atoms with E-state index in [1.807, 2.05) is 36.4 Å². The topological polar surface area (TPSA) is 24.7 Å². The van der Waals surface area contributed by atoms with Gasteiger partial charge in [0.25, 0.3) is 0 Å². The van der Waals surface area contributed by atoms with Crippen LogP contribution in [0.4, 0.5) is 11.4 Å². The van der Waals surface area contributed by atoms with Crippen LogP contribution in [-0.4, -0.2) is 38.2 Å². The molecule has 4 nitrogen and oxygen atoms in total. The number of nitrogens with zero attached hydrogens (tertiary/aromatic N) is 2. The molecule has 1 aliphatic heterocycles. The molecule has 0 fully saturated rings. The van der Waals surface area contributed by atoms with Gasteiger partial charge in [-0.3, -0.25) is 0 Å². The Balaban J connectivity index is 2.01. The highest BCUT2D eigenvalue weighted by molar-refractivity contribution is 5.80. The lowest BCUT2D eigenvalue weighted by atomic mass is 10.2. The highest BCUT2D eigenvalue weighted by Gasteiger charge is 2.22. The summed E-state index contributed by atoms with van der Waals surface area (Å²) in [7, 11) is 3.43. The summed E-state index contributed by atoms with van der Waals surface area (Å²) in [6, 6.07) is 16.3. The van der Waals surface area contributed by atoms with Gasteiger partial charge in [-0.1, -0.05) is 24.3 Å². The molecule has 0 aromatic heterocycles. The van der Waals surface area contributed by atoms with Crippen LogP contribution in [0, 0.1) is 0 Å². The van der Waals surface area contributed by atoms with Gasteiger partial charge in [0.05, 0.1) is 27.3 Å². The van der Waals surface area contributed by atoms with Gasteiger partial charge in [-0.15, -0.1) is 0 Å². The first-order valence-corrected chi connectivity index (χ1v) is 7.98. The molecule has 23 heavy (non-hydrogen) atoms. The lowest BCUT2D eigenvalue weighted by molar-refractivity contribution is -0.436. The molecule has 0 bridgehead atoms. The van der Waals surface area contributed by atoms with E-state index in [9.17, 15) is 0 Å². The molecule has 0 amide bonds. The minimum Gasteiger partial charge on any atom is -0.492 e. The number of rotatable bonds is 4. The Morgan fingerprint density at radius 1 is 0.870 bits per heavy atom. The first-order valence-electron chi connectivity index (χ1n) is 7.98. The summed E-state index contributed by atoms with van der Waals surface area (Å²) in [5.41, 5.74) is 2.19. The minimum atomic E-state index is 0.894. The van der Waals surface area contributed by atoms with Crippen molar-refractivity contribution in [1.29, 1.82) is 0 Å². The first-order chi connectivity index (χ1) is 11.3. The molecule has 2 aromatic carbocycles. The standard InChI is InChI=1S/C19H23N2O2/c1-22-18-11-5-3-9-16(18)20-13-7-8-14-21(15-20)17-10-4-6-12-19(17)23-2/h3-6,9-12,15H,7-8,13-14H2,1-2H3/q+1. The van der Waals surface area contributed by atoms with Crippen molar-refractivity contribution in [2.24, 2.45) is 0 Å². The maximum absolute atomic E-state index is 5.52. The Morgan fingerprint density at radius 3 is 2.35 bits per heavy atom. The molecule has 0 spiro atoms. The Morgan fingerprint density at radius 2 is 1.57 bits per heavy atom. The third-order valence-corrected chi connectivity index (χ3v) is 4.12. The zero-order chi connectivity index (χ0) is 16.1. The lowest BCUT2D eigenvalue weighted by Crippen LogP contribution is -2.25. The zero-order valence-electron chi connectivity index (χ0n) is 13.7. The smallest absolute Gasteiger partial charge is 0.244 e. The van der Waals surface area contributed by atoms with E-state index in [0.717, 1.165) is 48.8 Å². The maximum Gasteiger partial charge on any atom is 0.244 e. The summed E-state index contributed by atoms with van der Waals surface area (Å²) in [6.45, 7) is 1.96. The maximum atomic E-state index is 5.52. The van der Waals surface area contributed by atoms with Crippen LogP contribution in [-0.2, 0) is 0 Å². The molecule has 3 rings (SSSR count). The van der Waals surface area contributed by atoms with E-state index in [2.05, 4.69) is 27.9 Å². The second kappa shape index (κ2) is 7.18. The van der Waals surface area contributed by atoms with Crippen molar-refractivity contribution in [3.05, 3.63) is 48.5 Å². The van der Waals surface area contributed by atoms with Crippen molar-refractivity contribution in [1.82, 2.24) is 0 Å². The molecule has 2 aromatic rings. The summed E-state index contributed by atoms with van der Waals surface area (Å²) in [5.74, 6) is 1.79. The fraction of sp³-hybridized carbons (Fsp3) is 0.316. The molecule has 0 unspecified atom stereocenters. The van der Waals surface area contributed by atoms with E-state index in [1.54, 1.807) is 14.2 Å². The van der Waals surface area contributed by atoms with Crippen LogP contribution >= 0.6 is 0 Å². The molecule has 120 valence electrons. The minimum absolute atomic E-state index is 0.894. The number of ether oxygens (including phenoxy) is 2. The van der Waals surface area contributed by atoms with Crippen molar-refractivity contribution in [2.75, 3.05) is 32.2 Å². The molecular weight excluding hydrogens is 288 g/mol. The lowest BCUT2D eigenvalue weighted by Gasteiger charge is -2.15. The number of hydrogen-bond acceptors (Lipinski definition) is 3. The van der Waals surface area contributed by atoms with Crippen molar-refractivity contribution >= 4 is 17.7 Å². The van der Waals surface area contributed by atoms with E-state index in [-0.39, 0.29) is 0 Å². The summed E-state index contributed by atoms with van der Waals surface area (Å²) >= 11 is 0. The van der Waals surface area contributed by atoms with Gasteiger partial charge in [-0.25, -0.2) is 9.48 Å². The van der Waals surface area contributed by atoms with E-state index >= 15 is 0 Å². The third kappa shape index (κ3) is 3.31. The average molecular weight is 311 g/mol. The van der Waals surface area contributed by atoms with Crippen LogP contribution in [0.3, 0.4) is 0 Å². The molecule has 0 saturated carbocycles. The largest absolute Gasteiger partial charge is 0.492 e. The van der Waals surface area contributed by atoms with Gasteiger partial charge in [0, 0.05) is 0 Å². The predicted molar refractivity (Wildman–Crippen MR) is 93.4 cm³/mol. The van der Waals surface area contributed by atoms with E-state index < -0.39 is 0 Å². The van der Waals surface area contributed by atoms with Crippen molar-refractivity contribution < 1.29 is 14.0 Å². The molecule has 1 heterocycles. The summed E-state index contributed by atoms with van der Waals surface area (Å²) < 4.78 is 13.3. The van der Waals surface area contributed by atoms with Gasteiger partial charge < -0.3 is 9.47 Å². The Labute approximate surface area is 137 Å². The fourth-order valence-electron chi connectivity index (χ4n) is 2.95. The Kier molecular flexibility index (Phi) is 4.81. The normalized spacial score (nSPS) is 14.9. The van der Waals surface area contributed by atoms with Crippen LogP contribution in [0.5, 0.6) is 11.5 Å². The summed E-state index contributed by atoms with van der Waals surface area (Å²) in [5, 5.41) is 0. The fourth-order valence-corrected chi connectivity index (χ4v) is 2.95. The van der Waals surface area contributed by atoms with E-state index in [0.29, 0.717) is 0 Å². The van der Waals surface area contributed by atoms with Gasteiger partial charge in [0.15, 0.2) is 22.9 Å². The molecule has 0 aliphatic carbocycles. The monoisotopic (exact) mass is 311 g/mol.